The number of rotatable bonds is 5. The summed E-state index contributed by atoms with van der Waals surface area (Å²) in [6.45, 7) is -0.629. The molecule has 0 aromatic heterocycles. The van der Waals surface area contributed by atoms with E-state index in [0.717, 1.165) is 0 Å². The van der Waals surface area contributed by atoms with Crippen molar-refractivity contribution >= 4 is 6.29 Å². The van der Waals surface area contributed by atoms with Gasteiger partial charge in [-0.15, -0.1) is 0 Å². The fourth-order valence-electron chi connectivity index (χ4n) is 0.619. The molecular weight excluding hydrogens is 152 g/mol. The highest BCUT2D eigenvalue weighted by molar-refractivity contribution is 5.56. The van der Waals surface area contributed by atoms with Crippen molar-refractivity contribution in [3.05, 3.63) is 0 Å². The number of carbonyl (C=O) groups is 1. The third kappa shape index (κ3) is 2.94. The minimum atomic E-state index is -1.52. The van der Waals surface area contributed by atoms with Crippen LogP contribution < -0.4 is 0 Å². The lowest BCUT2D eigenvalue weighted by Crippen LogP contribution is -2.41. The van der Waals surface area contributed by atoms with Gasteiger partial charge in [-0.05, 0) is 0 Å². The smallest absolute Gasteiger partial charge is 0.151 e. The summed E-state index contributed by atoms with van der Waals surface area (Å²) in [5.74, 6) is 0. The molecule has 0 aromatic carbocycles. The quantitative estimate of drug-likeness (QED) is 0.407. The van der Waals surface area contributed by atoms with Crippen molar-refractivity contribution in [2.75, 3.05) is 13.7 Å². The second kappa shape index (κ2) is 5.20. The Bertz CT molecular complexity index is 131. The summed E-state index contributed by atoms with van der Waals surface area (Å²) in [4.78, 5) is 10.1. The van der Waals surface area contributed by atoms with Crippen LogP contribution >= 0.6 is 0 Å². The van der Waals surface area contributed by atoms with Crippen LogP contribution in [0.3, 0.4) is 0 Å². The zero-order valence-electron chi connectivity index (χ0n) is 6.88. The number of ether oxygens (including phenoxy) is 1. The maximum absolute atomic E-state index is 10.1. The van der Waals surface area contributed by atoms with E-state index >= 15 is 0 Å². The van der Waals surface area contributed by atoms with Crippen LogP contribution in [0.4, 0.5) is 0 Å². The first kappa shape index (κ1) is 8.61. The molecule has 11 heavy (non-hydrogen) atoms. The fourth-order valence-corrected chi connectivity index (χ4v) is 0.619. The number of hydrogen-bond donors (Lipinski definition) is 3. The number of aldehydes is 1. The molecule has 0 unspecified atom stereocenters. The first-order valence-corrected chi connectivity index (χ1v) is 3.00. The van der Waals surface area contributed by atoms with Crippen LogP contribution in [0.1, 0.15) is 1.37 Å². The lowest BCUT2D eigenvalue weighted by molar-refractivity contribution is -0.132. The van der Waals surface area contributed by atoms with Crippen LogP contribution in [0.2, 0.25) is 0 Å². The van der Waals surface area contributed by atoms with Gasteiger partial charge in [-0.3, -0.25) is 0 Å². The van der Waals surface area contributed by atoms with E-state index in [1.807, 2.05) is 0 Å². The van der Waals surface area contributed by atoms with E-state index in [0.29, 0.717) is 0 Å². The molecule has 0 aliphatic carbocycles. The first-order chi connectivity index (χ1) is 5.67. The second-order valence-electron chi connectivity index (χ2n) is 2.01. The fraction of sp³-hybridized carbons (Fsp3) is 0.833. The summed E-state index contributed by atoms with van der Waals surface area (Å²) in [7, 11) is -0.493. The molecule has 0 aliphatic heterocycles. The topological polar surface area (TPSA) is 87.0 Å². The molecule has 5 heteroatoms. The van der Waals surface area contributed by atoms with Crippen LogP contribution in [0.25, 0.3) is 0 Å². The molecule has 0 fully saturated rings. The molecule has 0 saturated carbocycles. The van der Waals surface area contributed by atoms with Gasteiger partial charge in [0.15, 0.2) is 6.29 Å². The summed E-state index contributed by atoms with van der Waals surface area (Å²) in [6.07, 6.45) is -3.92. The zero-order valence-corrected chi connectivity index (χ0v) is 5.88. The van der Waals surface area contributed by atoms with Gasteiger partial charge in [-0.25, -0.2) is 0 Å². The average Bonchev–Trinajstić information content (AvgIpc) is 2.11. The molecule has 0 radical (unpaired) electrons. The van der Waals surface area contributed by atoms with Crippen LogP contribution in [0, 0.1) is 0 Å². The van der Waals surface area contributed by atoms with Crippen molar-refractivity contribution in [1.82, 2.24) is 0 Å². The third-order valence-corrected chi connectivity index (χ3v) is 1.23. The van der Waals surface area contributed by atoms with Gasteiger partial charge in [0.2, 0.25) is 0 Å². The standard InChI is InChI=1S/C6H12O5/c1-11-6(4(9)2-7)5(10)3-8/h2,4-6,8-10H,3H2,1H3/t4-,5-,6+/m1/s1/i1D. The van der Waals surface area contributed by atoms with Crippen molar-refractivity contribution in [2.45, 2.75) is 18.3 Å². The van der Waals surface area contributed by atoms with Crippen LogP contribution in [0.5, 0.6) is 0 Å². The van der Waals surface area contributed by atoms with Gasteiger partial charge in [0.25, 0.3) is 0 Å². The van der Waals surface area contributed by atoms with Gasteiger partial charge in [0, 0.05) is 7.09 Å². The summed E-state index contributed by atoms with van der Waals surface area (Å²) >= 11 is 0. The Morgan fingerprint density at radius 3 is 2.73 bits per heavy atom. The average molecular weight is 165 g/mol. The number of aliphatic hydroxyl groups excluding tert-OH is 3. The summed E-state index contributed by atoms with van der Waals surface area (Å²) in [6, 6.07) is 0. The molecule has 0 heterocycles. The van der Waals surface area contributed by atoms with Crippen molar-refractivity contribution in [1.29, 1.82) is 0 Å². The predicted octanol–water partition coefficient (Wildman–Crippen LogP) is -2.09. The maximum atomic E-state index is 10.1. The highest BCUT2D eigenvalue weighted by Gasteiger charge is 2.25. The number of aliphatic hydroxyl groups is 3. The molecule has 0 aliphatic rings. The highest BCUT2D eigenvalue weighted by Crippen LogP contribution is 2.01. The SMILES string of the molecule is [2H]CO[C@@H]([C@H](O)C=O)[C@H](O)CO. The molecule has 0 saturated heterocycles. The van der Waals surface area contributed by atoms with E-state index in [1.54, 1.807) is 0 Å². The van der Waals surface area contributed by atoms with Gasteiger partial charge in [-0.1, -0.05) is 0 Å². The van der Waals surface area contributed by atoms with E-state index in [2.05, 4.69) is 4.74 Å². The highest BCUT2D eigenvalue weighted by atomic mass is 16.5. The van der Waals surface area contributed by atoms with Crippen LogP contribution in [-0.4, -0.2) is 53.6 Å². The van der Waals surface area contributed by atoms with E-state index in [-0.39, 0.29) is 6.29 Å². The third-order valence-electron chi connectivity index (χ3n) is 1.23. The minimum absolute atomic E-state index is 0.180. The zero-order chi connectivity index (χ0) is 9.56. The first-order valence-electron chi connectivity index (χ1n) is 3.71. The maximum Gasteiger partial charge on any atom is 0.151 e. The van der Waals surface area contributed by atoms with E-state index in [4.69, 9.17) is 16.7 Å². The molecule has 66 valence electrons. The Morgan fingerprint density at radius 1 is 1.73 bits per heavy atom. The molecule has 3 N–H and O–H groups in total. The molecule has 0 spiro atoms. The lowest BCUT2D eigenvalue weighted by Gasteiger charge is -2.21. The normalized spacial score (nSPS) is 20.1. The molecule has 0 amide bonds. The van der Waals surface area contributed by atoms with Gasteiger partial charge < -0.3 is 24.9 Å². The molecule has 3 atom stereocenters. The minimum Gasteiger partial charge on any atom is -0.394 e. The number of carbonyl (C=O) groups excluding carboxylic acids is 1. The molecule has 0 aromatic rings. The second-order valence-corrected chi connectivity index (χ2v) is 2.01. The number of methoxy groups -OCH3 is 1. The molecule has 0 rings (SSSR count). The van der Waals surface area contributed by atoms with E-state index in [1.165, 1.54) is 0 Å². The Balaban J connectivity index is 4.10. The Labute approximate surface area is 65.6 Å². The van der Waals surface area contributed by atoms with Crippen LogP contribution in [0.15, 0.2) is 0 Å². The Kier molecular flexibility index (Phi) is 4.07. The van der Waals surface area contributed by atoms with E-state index in [9.17, 15) is 4.79 Å². The molecule has 0 bridgehead atoms. The Morgan fingerprint density at radius 2 is 2.36 bits per heavy atom. The summed E-state index contributed by atoms with van der Waals surface area (Å²) < 4.78 is 11.2. The lowest BCUT2D eigenvalue weighted by atomic mass is 10.1. The monoisotopic (exact) mass is 165 g/mol. The van der Waals surface area contributed by atoms with Crippen molar-refractivity contribution in [3.63, 3.8) is 0 Å². The van der Waals surface area contributed by atoms with Crippen molar-refractivity contribution in [3.8, 4) is 0 Å². The predicted molar refractivity (Wildman–Crippen MR) is 36.0 cm³/mol. The number of hydrogen-bond acceptors (Lipinski definition) is 5. The largest absolute Gasteiger partial charge is 0.394 e. The summed E-state index contributed by atoms with van der Waals surface area (Å²) in [5, 5.41) is 26.3. The van der Waals surface area contributed by atoms with Gasteiger partial charge >= 0.3 is 0 Å². The van der Waals surface area contributed by atoms with Gasteiger partial charge in [-0.2, -0.15) is 0 Å². The van der Waals surface area contributed by atoms with Crippen molar-refractivity contribution in [2.24, 2.45) is 0 Å². The molecule has 5 nitrogen and oxygen atoms in total. The molecular formula is C6H12O5. The summed E-state index contributed by atoms with van der Waals surface area (Å²) in [5.41, 5.74) is 0. The van der Waals surface area contributed by atoms with Gasteiger partial charge in [0.05, 0.1) is 7.98 Å². The van der Waals surface area contributed by atoms with Crippen LogP contribution in [-0.2, 0) is 9.53 Å². The Hall–Kier alpha value is -0.490. The van der Waals surface area contributed by atoms with Gasteiger partial charge in [0.1, 0.15) is 18.3 Å². The van der Waals surface area contributed by atoms with E-state index < -0.39 is 32.0 Å². The van der Waals surface area contributed by atoms with Crippen molar-refractivity contribution < 1.29 is 26.2 Å².